The fourth-order valence-electron chi connectivity index (χ4n) is 2.97. The van der Waals surface area contributed by atoms with Crippen LogP contribution in [0.2, 0.25) is 0 Å². The summed E-state index contributed by atoms with van der Waals surface area (Å²) in [5.74, 6) is -0.251. The molecule has 1 fully saturated rings. The minimum Gasteiger partial charge on any atom is -0.393 e. The quantitative estimate of drug-likeness (QED) is 0.911. The normalized spacial score (nSPS) is 22.4. The summed E-state index contributed by atoms with van der Waals surface area (Å²) in [4.78, 5) is 7.84. The lowest BCUT2D eigenvalue weighted by Gasteiger charge is -2.42. The molecule has 0 bridgehead atoms. The number of halogens is 1. The Morgan fingerprint density at radius 1 is 1.39 bits per heavy atom. The average Bonchev–Trinajstić information content (AvgIpc) is 2.95. The lowest BCUT2D eigenvalue weighted by Crippen LogP contribution is -2.55. The first kappa shape index (κ1) is 16.5. The first-order chi connectivity index (χ1) is 11.1. The maximum atomic E-state index is 13.1. The van der Waals surface area contributed by atoms with Crippen molar-refractivity contribution in [2.75, 3.05) is 26.3 Å². The number of ether oxygens (including phenoxy) is 1. The molecule has 4 nitrogen and oxygen atoms in total. The Kier molecular flexibility index (Phi) is 5.06. The number of aliphatic hydroxyl groups excluding tert-OH is 1. The van der Waals surface area contributed by atoms with Gasteiger partial charge in [-0.25, -0.2) is 9.37 Å². The second kappa shape index (κ2) is 7.05. The van der Waals surface area contributed by atoms with E-state index >= 15 is 0 Å². The van der Waals surface area contributed by atoms with Crippen LogP contribution in [0.15, 0.2) is 29.8 Å². The summed E-state index contributed by atoms with van der Waals surface area (Å²) < 4.78 is 19.0. The van der Waals surface area contributed by atoms with Crippen molar-refractivity contribution in [3.05, 3.63) is 51.7 Å². The second-order valence-electron chi connectivity index (χ2n) is 6.06. The molecule has 0 radical (unpaired) electrons. The van der Waals surface area contributed by atoms with Crippen LogP contribution in [0, 0.1) is 12.7 Å². The summed E-state index contributed by atoms with van der Waals surface area (Å²) >= 11 is 1.66. The lowest BCUT2D eigenvalue weighted by molar-refractivity contribution is -0.134. The Morgan fingerprint density at radius 3 is 2.83 bits per heavy atom. The predicted molar refractivity (Wildman–Crippen MR) is 88.0 cm³/mol. The summed E-state index contributed by atoms with van der Waals surface area (Å²) in [6.45, 7) is 4.86. The predicted octanol–water partition coefficient (Wildman–Crippen LogP) is 2.40. The van der Waals surface area contributed by atoms with Gasteiger partial charge in [-0.15, -0.1) is 11.3 Å². The topological polar surface area (TPSA) is 45.6 Å². The molecule has 23 heavy (non-hydrogen) atoms. The molecule has 0 saturated carbocycles. The standard InChI is InChI=1S/C17H21FN2O2S/c1-13-16(23-12-19-13)9-20-6-7-22-17(10-20,11-21)8-14-2-4-15(18)5-3-14/h2-5,12,21H,6-11H2,1H3. The Hall–Kier alpha value is -1.34. The summed E-state index contributed by atoms with van der Waals surface area (Å²) in [7, 11) is 0. The van der Waals surface area contributed by atoms with E-state index in [2.05, 4.69) is 9.88 Å². The maximum Gasteiger partial charge on any atom is 0.123 e. The third-order valence-corrected chi connectivity index (χ3v) is 5.19. The van der Waals surface area contributed by atoms with E-state index in [0.717, 1.165) is 24.3 Å². The third kappa shape index (κ3) is 3.95. The van der Waals surface area contributed by atoms with Gasteiger partial charge in [0.25, 0.3) is 0 Å². The zero-order chi connectivity index (χ0) is 16.3. The number of benzene rings is 1. The molecular formula is C17H21FN2O2S. The van der Waals surface area contributed by atoms with Crippen LogP contribution >= 0.6 is 11.3 Å². The highest BCUT2D eigenvalue weighted by Gasteiger charge is 2.36. The van der Waals surface area contributed by atoms with Gasteiger partial charge in [-0.3, -0.25) is 4.90 Å². The number of nitrogens with zero attached hydrogens (tertiary/aromatic N) is 2. The fraction of sp³-hybridized carbons (Fsp3) is 0.471. The van der Waals surface area contributed by atoms with Crippen LogP contribution in [0.5, 0.6) is 0 Å². The number of thiazole rings is 1. The summed E-state index contributed by atoms with van der Waals surface area (Å²) in [6.07, 6.45) is 0.571. The molecule has 1 saturated heterocycles. The molecule has 1 aromatic heterocycles. The van der Waals surface area contributed by atoms with E-state index in [1.165, 1.54) is 17.0 Å². The van der Waals surface area contributed by atoms with Crippen LogP contribution < -0.4 is 0 Å². The molecule has 1 N–H and O–H groups in total. The van der Waals surface area contributed by atoms with Crippen molar-refractivity contribution in [3.63, 3.8) is 0 Å². The van der Waals surface area contributed by atoms with Gasteiger partial charge in [0.2, 0.25) is 0 Å². The van der Waals surface area contributed by atoms with Gasteiger partial charge in [0.1, 0.15) is 11.4 Å². The summed E-state index contributed by atoms with van der Waals surface area (Å²) in [5.41, 5.74) is 3.27. The Morgan fingerprint density at radius 2 is 2.17 bits per heavy atom. The SMILES string of the molecule is Cc1ncsc1CN1CCOC(CO)(Cc2ccc(F)cc2)C1. The largest absolute Gasteiger partial charge is 0.393 e. The molecule has 1 aliphatic heterocycles. The van der Waals surface area contributed by atoms with Gasteiger partial charge in [0.15, 0.2) is 0 Å². The van der Waals surface area contributed by atoms with Crippen LogP contribution in [0.3, 0.4) is 0 Å². The summed E-state index contributed by atoms with van der Waals surface area (Å²) in [5, 5.41) is 9.92. The molecule has 0 aliphatic carbocycles. The van der Waals surface area contributed by atoms with E-state index < -0.39 is 5.60 Å². The molecule has 1 unspecified atom stereocenters. The Labute approximate surface area is 139 Å². The van der Waals surface area contributed by atoms with Crippen LogP contribution in [0.25, 0.3) is 0 Å². The molecular weight excluding hydrogens is 315 g/mol. The highest BCUT2D eigenvalue weighted by molar-refractivity contribution is 7.09. The highest BCUT2D eigenvalue weighted by atomic mass is 32.1. The number of morpholine rings is 1. The van der Waals surface area contributed by atoms with Gasteiger partial charge in [-0.1, -0.05) is 12.1 Å². The number of aromatic nitrogens is 1. The van der Waals surface area contributed by atoms with Gasteiger partial charge in [0.05, 0.1) is 24.4 Å². The van der Waals surface area contributed by atoms with Crippen molar-refractivity contribution in [2.24, 2.45) is 0 Å². The molecule has 2 aromatic rings. The van der Waals surface area contributed by atoms with Crippen molar-refractivity contribution < 1.29 is 14.2 Å². The zero-order valence-electron chi connectivity index (χ0n) is 13.2. The molecule has 124 valence electrons. The van der Waals surface area contributed by atoms with E-state index in [1.54, 1.807) is 23.5 Å². The number of hydrogen-bond donors (Lipinski definition) is 1. The Bertz CT molecular complexity index is 646. The van der Waals surface area contributed by atoms with Gasteiger partial charge < -0.3 is 9.84 Å². The molecule has 0 spiro atoms. The minimum atomic E-state index is -0.630. The van der Waals surface area contributed by atoms with E-state index in [1.807, 2.05) is 12.4 Å². The summed E-state index contributed by atoms with van der Waals surface area (Å²) in [6, 6.07) is 6.40. The van der Waals surface area contributed by atoms with Crippen LogP contribution in [0.1, 0.15) is 16.1 Å². The van der Waals surface area contributed by atoms with E-state index in [4.69, 9.17) is 4.74 Å². The Balaban J connectivity index is 1.70. The maximum absolute atomic E-state index is 13.1. The third-order valence-electron chi connectivity index (χ3n) is 4.27. The van der Waals surface area contributed by atoms with Gasteiger partial charge >= 0.3 is 0 Å². The lowest BCUT2D eigenvalue weighted by atomic mass is 9.93. The molecule has 3 rings (SSSR count). The first-order valence-corrected chi connectivity index (χ1v) is 8.59. The van der Waals surface area contributed by atoms with Crippen molar-refractivity contribution >= 4 is 11.3 Å². The molecule has 2 heterocycles. The van der Waals surface area contributed by atoms with E-state index in [0.29, 0.717) is 19.6 Å². The second-order valence-corrected chi connectivity index (χ2v) is 7.00. The molecule has 1 aromatic carbocycles. The number of rotatable bonds is 5. The van der Waals surface area contributed by atoms with Crippen molar-refractivity contribution in [1.29, 1.82) is 0 Å². The van der Waals surface area contributed by atoms with Gasteiger partial charge in [-0.05, 0) is 24.6 Å². The molecule has 1 atom stereocenters. The van der Waals surface area contributed by atoms with Crippen molar-refractivity contribution in [1.82, 2.24) is 9.88 Å². The highest BCUT2D eigenvalue weighted by Crippen LogP contribution is 2.25. The van der Waals surface area contributed by atoms with Crippen LogP contribution in [-0.4, -0.2) is 46.9 Å². The van der Waals surface area contributed by atoms with Gasteiger partial charge in [0, 0.05) is 30.9 Å². The fourth-order valence-corrected chi connectivity index (χ4v) is 3.79. The minimum absolute atomic E-state index is 0.0530. The average molecular weight is 336 g/mol. The molecule has 6 heteroatoms. The van der Waals surface area contributed by atoms with Crippen LogP contribution in [0.4, 0.5) is 4.39 Å². The van der Waals surface area contributed by atoms with Gasteiger partial charge in [-0.2, -0.15) is 0 Å². The number of aryl methyl sites for hydroxylation is 1. The molecule has 0 amide bonds. The zero-order valence-corrected chi connectivity index (χ0v) is 14.0. The van der Waals surface area contributed by atoms with Crippen molar-refractivity contribution in [3.8, 4) is 0 Å². The number of aliphatic hydroxyl groups is 1. The monoisotopic (exact) mass is 336 g/mol. The number of hydrogen-bond acceptors (Lipinski definition) is 5. The van der Waals surface area contributed by atoms with Crippen LogP contribution in [-0.2, 0) is 17.7 Å². The van der Waals surface area contributed by atoms with E-state index in [9.17, 15) is 9.50 Å². The van der Waals surface area contributed by atoms with Crippen molar-refractivity contribution in [2.45, 2.75) is 25.5 Å². The molecule has 1 aliphatic rings. The van der Waals surface area contributed by atoms with E-state index in [-0.39, 0.29) is 12.4 Å². The smallest absolute Gasteiger partial charge is 0.123 e. The first-order valence-electron chi connectivity index (χ1n) is 7.71.